The first-order valence-corrected chi connectivity index (χ1v) is 10.2. The Hall–Kier alpha value is -2.53. The standard InChI is InChI=1S/C23H32N4O4.HI/c1-17-8-9-19(21(14-17)31-13-12-29-3)16-27-23(24-2)26-11-10-25-22(28)18-6-5-7-20(15-18)30-4;/h5-9,14-15H,10-13,16H2,1-4H3,(H,25,28)(H2,24,26,27);1H. The van der Waals surface area contributed by atoms with E-state index in [-0.39, 0.29) is 29.9 Å². The first kappa shape index (κ1) is 27.5. The van der Waals surface area contributed by atoms with Gasteiger partial charge < -0.3 is 30.2 Å². The van der Waals surface area contributed by atoms with E-state index < -0.39 is 0 Å². The van der Waals surface area contributed by atoms with Crippen molar-refractivity contribution in [1.82, 2.24) is 16.0 Å². The van der Waals surface area contributed by atoms with E-state index in [0.717, 1.165) is 16.9 Å². The number of aryl methyl sites for hydroxylation is 1. The second-order valence-corrected chi connectivity index (χ2v) is 6.79. The van der Waals surface area contributed by atoms with Crippen molar-refractivity contribution < 1.29 is 19.0 Å². The Labute approximate surface area is 207 Å². The lowest BCUT2D eigenvalue weighted by atomic mass is 10.1. The van der Waals surface area contributed by atoms with Gasteiger partial charge in [-0.05, 0) is 36.8 Å². The summed E-state index contributed by atoms with van der Waals surface area (Å²) in [6.07, 6.45) is 0. The largest absolute Gasteiger partial charge is 0.497 e. The minimum atomic E-state index is -0.152. The van der Waals surface area contributed by atoms with E-state index in [2.05, 4.69) is 20.9 Å². The van der Waals surface area contributed by atoms with Gasteiger partial charge in [0.1, 0.15) is 18.1 Å². The van der Waals surface area contributed by atoms with Crippen LogP contribution in [0.25, 0.3) is 0 Å². The summed E-state index contributed by atoms with van der Waals surface area (Å²) in [5.74, 6) is 1.96. The topological polar surface area (TPSA) is 93.2 Å². The maximum Gasteiger partial charge on any atom is 0.251 e. The molecule has 0 unspecified atom stereocenters. The van der Waals surface area contributed by atoms with Crippen molar-refractivity contribution >= 4 is 35.8 Å². The molecule has 2 rings (SSSR count). The van der Waals surface area contributed by atoms with E-state index in [1.807, 2.05) is 25.1 Å². The van der Waals surface area contributed by atoms with Crippen LogP contribution in [0.4, 0.5) is 0 Å². The van der Waals surface area contributed by atoms with E-state index in [9.17, 15) is 4.79 Å². The number of rotatable bonds is 11. The van der Waals surface area contributed by atoms with Crippen molar-refractivity contribution in [2.75, 3.05) is 47.6 Å². The first-order valence-electron chi connectivity index (χ1n) is 10.2. The van der Waals surface area contributed by atoms with Gasteiger partial charge >= 0.3 is 0 Å². The minimum Gasteiger partial charge on any atom is -0.497 e. The van der Waals surface area contributed by atoms with Crippen LogP contribution in [0.2, 0.25) is 0 Å². The Morgan fingerprint density at radius 2 is 1.78 bits per heavy atom. The quantitative estimate of drug-likeness (QED) is 0.171. The molecule has 0 fully saturated rings. The van der Waals surface area contributed by atoms with Gasteiger partial charge in [-0.3, -0.25) is 9.79 Å². The molecular formula is C23H33IN4O4. The Balaban J connectivity index is 0.00000512. The zero-order chi connectivity index (χ0) is 22.5. The van der Waals surface area contributed by atoms with Crippen molar-refractivity contribution in [2.24, 2.45) is 4.99 Å². The fraction of sp³-hybridized carbons (Fsp3) is 0.391. The second-order valence-electron chi connectivity index (χ2n) is 6.79. The number of hydrogen-bond acceptors (Lipinski definition) is 5. The molecule has 0 radical (unpaired) electrons. The van der Waals surface area contributed by atoms with Crippen molar-refractivity contribution in [3.63, 3.8) is 0 Å². The number of halogens is 1. The van der Waals surface area contributed by atoms with Gasteiger partial charge in [-0.1, -0.05) is 18.2 Å². The Morgan fingerprint density at radius 3 is 2.50 bits per heavy atom. The third kappa shape index (κ3) is 9.31. The minimum absolute atomic E-state index is 0. The molecule has 0 aromatic heterocycles. The fourth-order valence-corrected chi connectivity index (χ4v) is 2.80. The zero-order valence-corrected chi connectivity index (χ0v) is 21.4. The summed E-state index contributed by atoms with van der Waals surface area (Å²) in [6.45, 7) is 4.59. The molecular weight excluding hydrogens is 523 g/mol. The SMILES string of the molecule is CN=C(NCCNC(=O)c1cccc(OC)c1)NCc1ccc(C)cc1OCCOC.I. The van der Waals surface area contributed by atoms with Crippen LogP contribution in [0.15, 0.2) is 47.5 Å². The van der Waals surface area contributed by atoms with Gasteiger partial charge in [0.05, 0.1) is 13.7 Å². The number of ether oxygens (including phenoxy) is 3. The van der Waals surface area contributed by atoms with Crippen LogP contribution >= 0.6 is 24.0 Å². The molecule has 0 aliphatic rings. The molecule has 9 heteroatoms. The number of nitrogens with one attached hydrogen (secondary N) is 3. The van der Waals surface area contributed by atoms with E-state index >= 15 is 0 Å². The molecule has 2 aromatic rings. The van der Waals surface area contributed by atoms with Crippen LogP contribution in [-0.4, -0.2) is 59.4 Å². The molecule has 8 nitrogen and oxygen atoms in total. The molecule has 0 atom stereocenters. The summed E-state index contributed by atoms with van der Waals surface area (Å²) < 4.78 is 16.0. The maximum atomic E-state index is 12.2. The molecule has 0 spiro atoms. The number of hydrogen-bond donors (Lipinski definition) is 3. The first-order chi connectivity index (χ1) is 15.1. The zero-order valence-electron chi connectivity index (χ0n) is 19.1. The number of guanidine groups is 1. The molecule has 0 bridgehead atoms. The molecule has 0 saturated carbocycles. The summed E-state index contributed by atoms with van der Waals surface area (Å²) in [5.41, 5.74) is 2.71. The lowest BCUT2D eigenvalue weighted by Crippen LogP contribution is -2.41. The van der Waals surface area contributed by atoms with Crippen LogP contribution in [0, 0.1) is 6.92 Å². The number of nitrogens with zero attached hydrogens (tertiary/aromatic N) is 1. The molecule has 0 heterocycles. The van der Waals surface area contributed by atoms with E-state index in [0.29, 0.717) is 50.1 Å². The summed E-state index contributed by atoms with van der Waals surface area (Å²) in [7, 11) is 4.93. The van der Waals surface area contributed by atoms with Gasteiger partial charge in [-0.25, -0.2) is 0 Å². The number of carbonyl (C=O) groups is 1. The Morgan fingerprint density at radius 1 is 1.00 bits per heavy atom. The van der Waals surface area contributed by atoms with Gasteiger partial charge in [0.2, 0.25) is 0 Å². The summed E-state index contributed by atoms with van der Waals surface area (Å²) in [6, 6.07) is 13.1. The van der Waals surface area contributed by atoms with Crippen molar-refractivity contribution in [1.29, 1.82) is 0 Å². The highest BCUT2D eigenvalue weighted by Gasteiger charge is 2.08. The molecule has 1 amide bonds. The van der Waals surface area contributed by atoms with E-state index in [1.54, 1.807) is 45.5 Å². The normalized spacial score (nSPS) is 10.7. The van der Waals surface area contributed by atoms with Crippen molar-refractivity contribution in [2.45, 2.75) is 13.5 Å². The summed E-state index contributed by atoms with van der Waals surface area (Å²) in [4.78, 5) is 16.5. The van der Waals surface area contributed by atoms with Crippen LogP contribution in [0.3, 0.4) is 0 Å². The predicted molar refractivity (Wildman–Crippen MR) is 137 cm³/mol. The Kier molecular flexibility index (Phi) is 13.2. The van der Waals surface area contributed by atoms with Crippen LogP contribution in [0.1, 0.15) is 21.5 Å². The molecule has 176 valence electrons. The van der Waals surface area contributed by atoms with Gasteiger partial charge in [0.25, 0.3) is 5.91 Å². The number of benzene rings is 2. The highest BCUT2D eigenvalue weighted by atomic mass is 127. The van der Waals surface area contributed by atoms with Gasteiger partial charge in [-0.2, -0.15) is 0 Å². The van der Waals surface area contributed by atoms with E-state index in [1.165, 1.54) is 0 Å². The lowest BCUT2D eigenvalue weighted by Gasteiger charge is -2.15. The number of methoxy groups -OCH3 is 2. The number of amides is 1. The third-order valence-corrected chi connectivity index (χ3v) is 4.47. The van der Waals surface area contributed by atoms with Crippen molar-refractivity contribution in [3.05, 3.63) is 59.2 Å². The average Bonchev–Trinajstić information content (AvgIpc) is 2.79. The molecule has 32 heavy (non-hydrogen) atoms. The van der Waals surface area contributed by atoms with Crippen LogP contribution < -0.4 is 25.4 Å². The second kappa shape index (κ2) is 15.3. The van der Waals surface area contributed by atoms with Crippen molar-refractivity contribution in [3.8, 4) is 11.5 Å². The number of aliphatic imine (C=N–C) groups is 1. The monoisotopic (exact) mass is 556 g/mol. The smallest absolute Gasteiger partial charge is 0.251 e. The Bertz CT molecular complexity index is 877. The molecule has 2 aromatic carbocycles. The molecule has 0 aliphatic carbocycles. The maximum absolute atomic E-state index is 12.2. The highest BCUT2D eigenvalue weighted by Crippen LogP contribution is 2.20. The lowest BCUT2D eigenvalue weighted by molar-refractivity contribution is 0.0954. The predicted octanol–water partition coefficient (Wildman–Crippen LogP) is 2.74. The molecule has 0 saturated heterocycles. The van der Waals surface area contributed by atoms with Crippen LogP contribution in [0.5, 0.6) is 11.5 Å². The van der Waals surface area contributed by atoms with Gasteiger partial charge in [0.15, 0.2) is 5.96 Å². The highest BCUT2D eigenvalue weighted by molar-refractivity contribution is 14.0. The van der Waals surface area contributed by atoms with Gasteiger partial charge in [0, 0.05) is 44.9 Å². The van der Waals surface area contributed by atoms with Gasteiger partial charge in [-0.15, -0.1) is 24.0 Å². The molecule has 3 N–H and O–H groups in total. The summed E-state index contributed by atoms with van der Waals surface area (Å²) >= 11 is 0. The number of carbonyl (C=O) groups excluding carboxylic acids is 1. The fourth-order valence-electron chi connectivity index (χ4n) is 2.80. The summed E-state index contributed by atoms with van der Waals surface area (Å²) in [5, 5.41) is 9.34. The molecule has 0 aliphatic heterocycles. The van der Waals surface area contributed by atoms with Crippen LogP contribution in [-0.2, 0) is 11.3 Å². The van der Waals surface area contributed by atoms with E-state index in [4.69, 9.17) is 14.2 Å². The third-order valence-electron chi connectivity index (χ3n) is 4.47. The average molecular weight is 556 g/mol.